The van der Waals surface area contributed by atoms with Crippen LogP contribution in [0.15, 0.2) is 36.2 Å². The van der Waals surface area contributed by atoms with Crippen molar-refractivity contribution in [2.75, 3.05) is 5.73 Å². The molecule has 0 fully saturated rings. The zero-order valence-electron chi connectivity index (χ0n) is 7.60. The van der Waals surface area contributed by atoms with Crippen LogP contribution in [0.25, 0.3) is 17.3 Å². The lowest BCUT2D eigenvalue weighted by Gasteiger charge is -1.96. The number of nitrogens with zero attached hydrogens (tertiary/aromatic N) is 1. The van der Waals surface area contributed by atoms with Gasteiger partial charge in [-0.1, -0.05) is 36.9 Å². The highest BCUT2D eigenvalue weighted by Gasteiger charge is 2.00. The van der Waals surface area contributed by atoms with Gasteiger partial charge >= 0.3 is 0 Å². The molecule has 3 heteroatoms. The van der Waals surface area contributed by atoms with Gasteiger partial charge in [0.25, 0.3) is 0 Å². The zero-order valence-corrected chi connectivity index (χ0v) is 8.42. The summed E-state index contributed by atoms with van der Waals surface area (Å²) in [5.41, 5.74) is 8.69. The van der Waals surface area contributed by atoms with Gasteiger partial charge in [0.15, 0.2) is 5.13 Å². The summed E-state index contributed by atoms with van der Waals surface area (Å²) in [7, 11) is 0. The second-order valence-electron chi connectivity index (χ2n) is 2.90. The first-order valence-electron chi connectivity index (χ1n) is 4.23. The van der Waals surface area contributed by atoms with Crippen LogP contribution in [0.2, 0.25) is 0 Å². The Kier molecular flexibility index (Phi) is 2.33. The molecule has 0 aliphatic carbocycles. The molecular formula is C11H10N2S. The van der Waals surface area contributed by atoms with E-state index < -0.39 is 0 Å². The molecule has 0 spiro atoms. The molecule has 0 saturated heterocycles. The lowest BCUT2D eigenvalue weighted by atomic mass is 10.1. The van der Waals surface area contributed by atoms with Crippen molar-refractivity contribution >= 4 is 22.5 Å². The van der Waals surface area contributed by atoms with Crippen molar-refractivity contribution in [3.8, 4) is 11.3 Å². The van der Waals surface area contributed by atoms with Crippen molar-refractivity contribution in [1.29, 1.82) is 0 Å². The lowest BCUT2D eigenvalue weighted by Crippen LogP contribution is -1.82. The maximum atomic E-state index is 5.56. The van der Waals surface area contributed by atoms with E-state index in [9.17, 15) is 0 Å². The normalized spacial score (nSPS) is 10.0. The number of anilines is 1. The molecule has 1 heterocycles. The summed E-state index contributed by atoms with van der Waals surface area (Å²) in [4.78, 5) is 4.21. The maximum absolute atomic E-state index is 5.56. The molecule has 2 aromatic rings. The molecular weight excluding hydrogens is 192 g/mol. The van der Waals surface area contributed by atoms with Crippen LogP contribution in [0, 0.1) is 0 Å². The zero-order chi connectivity index (χ0) is 9.97. The van der Waals surface area contributed by atoms with Crippen LogP contribution in [0.3, 0.4) is 0 Å². The van der Waals surface area contributed by atoms with Gasteiger partial charge in [-0.2, -0.15) is 0 Å². The molecule has 2 rings (SSSR count). The molecule has 0 radical (unpaired) electrons. The number of aromatic nitrogens is 1. The summed E-state index contributed by atoms with van der Waals surface area (Å²) < 4.78 is 0. The van der Waals surface area contributed by atoms with E-state index in [-0.39, 0.29) is 0 Å². The largest absolute Gasteiger partial charge is 0.375 e. The number of thiazole rings is 1. The van der Waals surface area contributed by atoms with E-state index in [1.165, 1.54) is 11.3 Å². The Morgan fingerprint density at radius 1 is 1.29 bits per heavy atom. The first-order valence-corrected chi connectivity index (χ1v) is 5.11. The van der Waals surface area contributed by atoms with Gasteiger partial charge in [0, 0.05) is 10.9 Å². The topological polar surface area (TPSA) is 38.9 Å². The SMILES string of the molecule is C=Cc1ccc(-c2csc(N)n2)cc1. The Balaban J connectivity index is 2.38. The van der Waals surface area contributed by atoms with Crippen molar-refractivity contribution < 1.29 is 0 Å². The molecule has 0 amide bonds. The smallest absolute Gasteiger partial charge is 0.180 e. The van der Waals surface area contributed by atoms with E-state index in [2.05, 4.69) is 11.6 Å². The third-order valence-electron chi connectivity index (χ3n) is 1.96. The van der Waals surface area contributed by atoms with Gasteiger partial charge in [-0.05, 0) is 5.56 Å². The van der Waals surface area contributed by atoms with Gasteiger partial charge in [0.2, 0.25) is 0 Å². The van der Waals surface area contributed by atoms with E-state index in [1.54, 1.807) is 0 Å². The summed E-state index contributed by atoms with van der Waals surface area (Å²) in [6.07, 6.45) is 1.82. The summed E-state index contributed by atoms with van der Waals surface area (Å²) >= 11 is 1.46. The van der Waals surface area contributed by atoms with Crippen LogP contribution in [-0.4, -0.2) is 4.98 Å². The average Bonchev–Trinajstić information content (AvgIpc) is 2.65. The molecule has 1 aromatic carbocycles. The predicted molar refractivity (Wildman–Crippen MR) is 62.1 cm³/mol. The Bertz CT molecular complexity index is 443. The number of rotatable bonds is 2. The fourth-order valence-electron chi connectivity index (χ4n) is 1.21. The van der Waals surface area contributed by atoms with E-state index in [0.717, 1.165) is 16.8 Å². The molecule has 0 saturated carbocycles. The maximum Gasteiger partial charge on any atom is 0.180 e. The van der Waals surface area contributed by atoms with Crippen LogP contribution < -0.4 is 5.73 Å². The summed E-state index contributed by atoms with van der Waals surface area (Å²) in [6, 6.07) is 8.06. The number of hydrogen-bond donors (Lipinski definition) is 1. The van der Waals surface area contributed by atoms with Crippen LogP contribution >= 0.6 is 11.3 Å². The van der Waals surface area contributed by atoms with Gasteiger partial charge in [-0.15, -0.1) is 11.3 Å². The summed E-state index contributed by atoms with van der Waals surface area (Å²) in [6.45, 7) is 3.70. The molecule has 0 unspecified atom stereocenters. The van der Waals surface area contributed by atoms with Crippen molar-refractivity contribution in [2.24, 2.45) is 0 Å². The van der Waals surface area contributed by atoms with Gasteiger partial charge in [0.1, 0.15) is 0 Å². The summed E-state index contributed by atoms with van der Waals surface area (Å²) in [5.74, 6) is 0. The molecule has 0 atom stereocenters. The van der Waals surface area contributed by atoms with Crippen LogP contribution in [0.5, 0.6) is 0 Å². The fraction of sp³-hybridized carbons (Fsp3) is 0. The predicted octanol–water partition coefficient (Wildman–Crippen LogP) is 3.04. The Labute approximate surface area is 86.7 Å². The van der Waals surface area contributed by atoms with Crippen molar-refractivity contribution in [2.45, 2.75) is 0 Å². The second kappa shape index (κ2) is 3.64. The standard InChI is InChI=1S/C11H10N2S/c1-2-8-3-5-9(6-4-8)10-7-14-11(12)13-10/h2-7H,1H2,(H2,12,13). The third-order valence-corrected chi connectivity index (χ3v) is 2.64. The van der Waals surface area contributed by atoms with Crippen LogP contribution in [0.4, 0.5) is 5.13 Å². The minimum atomic E-state index is 0.604. The van der Waals surface area contributed by atoms with Crippen LogP contribution in [0.1, 0.15) is 5.56 Å². The lowest BCUT2D eigenvalue weighted by molar-refractivity contribution is 1.41. The van der Waals surface area contributed by atoms with Gasteiger partial charge in [-0.25, -0.2) is 4.98 Å². The third kappa shape index (κ3) is 1.67. The number of nitrogens with two attached hydrogens (primary N) is 1. The molecule has 70 valence electrons. The number of nitrogen functional groups attached to an aromatic ring is 1. The second-order valence-corrected chi connectivity index (χ2v) is 3.79. The molecule has 0 aliphatic heterocycles. The van der Waals surface area contributed by atoms with E-state index in [4.69, 9.17) is 5.73 Å². The van der Waals surface area contributed by atoms with Crippen LogP contribution in [-0.2, 0) is 0 Å². The number of hydrogen-bond acceptors (Lipinski definition) is 3. The molecule has 0 aliphatic rings. The number of benzene rings is 1. The van der Waals surface area contributed by atoms with E-state index in [1.807, 2.05) is 35.7 Å². The Hall–Kier alpha value is -1.61. The van der Waals surface area contributed by atoms with Gasteiger partial charge in [0.05, 0.1) is 5.69 Å². The fourth-order valence-corrected chi connectivity index (χ4v) is 1.78. The minimum Gasteiger partial charge on any atom is -0.375 e. The summed E-state index contributed by atoms with van der Waals surface area (Å²) in [5, 5.41) is 2.56. The minimum absolute atomic E-state index is 0.604. The Morgan fingerprint density at radius 2 is 2.00 bits per heavy atom. The molecule has 2 nitrogen and oxygen atoms in total. The van der Waals surface area contributed by atoms with E-state index >= 15 is 0 Å². The Morgan fingerprint density at radius 3 is 2.50 bits per heavy atom. The van der Waals surface area contributed by atoms with Gasteiger partial charge in [-0.3, -0.25) is 0 Å². The van der Waals surface area contributed by atoms with Crippen molar-refractivity contribution in [3.63, 3.8) is 0 Å². The molecule has 0 bridgehead atoms. The highest BCUT2D eigenvalue weighted by molar-refractivity contribution is 7.13. The first kappa shape index (κ1) is 8.97. The highest BCUT2D eigenvalue weighted by Crippen LogP contribution is 2.23. The average molecular weight is 202 g/mol. The molecule has 14 heavy (non-hydrogen) atoms. The van der Waals surface area contributed by atoms with Gasteiger partial charge < -0.3 is 5.73 Å². The van der Waals surface area contributed by atoms with E-state index in [0.29, 0.717) is 5.13 Å². The molecule has 2 N–H and O–H groups in total. The van der Waals surface area contributed by atoms with Crippen molar-refractivity contribution in [1.82, 2.24) is 4.98 Å². The monoisotopic (exact) mass is 202 g/mol. The highest BCUT2D eigenvalue weighted by atomic mass is 32.1. The quantitative estimate of drug-likeness (QED) is 0.813. The van der Waals surface area contributed by atoms with Crippen molar-refractivity contribution in [3.05, 3.63) is 41.8 Å². The first-order chi connectivity index (χ1) is 6.79. The molecule has 1 aromatic heterocycles.